The first-order chi connectivity index (χ1) is 10.1. The summed E-state index contributed by atoms with van der Waals surface area (Å²) in [6, 6.07) is 6.66. The van der Waals surface area contributed by atoms with Crippen LogP contribution in [0.3, 0.4) is 0 Å². The van der Waals surface area contributed by atoms with E-state index in [-0.39, 0.29) is 18.4 Å². The number of piperazine rings is 1. The number of halogens is 1. The fraction of sp³-hybridized carbons (Fsp3) is 0.588. The van der Waals surface area contributed by atoms with Crippen molar-refractivity contribution in [1.82, 2.24) is 10.2 Å². The molecule has 4 nitrogen and oxygen atoms in total. The molecule has 1 N–H and O–H groups in total. The van der Waals surface area contributed by atoms with Crippen LogP contribution in [0.2, 0.25) is 0 Å². The molecule has 2 aliphatic heterocycles. The second-order valence-electron chi connectivity index (χ2n) is 6.25. The van der Waals surface area contributed by atoms with Crippen molar-refractivity contribution in [1.29, 1.82) is 0 Å². The maximum absolute atomic E-state index is 12.4. The zero-order valence-corrected chi connectivity index (χ0v) is 14.3. The molecular formula is C17H26ClN3O. The van der Waals surface area contributed by atoms with Gasteiger partial charge in [0.1, 0.15) is 0 Å². The van der Waals surface area contributed by atoms with E-state index in [2.05, 4.69) is 42.3 Å². The summed E-state index contributed by atoms with van der Waals surface area (Å²) in [5, 5.41) is 3.31. The van der Waals surface area contributed by atoms with Gasteiger partial charge >= 0.3 is 0 Å². The van der Waals surface area contributed by atoms with Crippen LogP contribution in [0.5, 0.6) is 0 Å². The molecule has 1 amide bonds. The number of carbonyl (C=O) groups is 1. The van der Waals surface area contributed by atoms with Crippen LogP contribution in [0.4, 0.5) is 5.69 Å². The lowest BCUT2D eigenvalue weighted by Crippen LogP contribution is -2.53. The number of aryl methyl sites for hydroxylation is 2. The van der Waals surface area contributed by atoms with Crippen LogP contribution >= 0.6 is 12.4 Å². The molecule has 0 saturated carbocycles. The van der Waals surface area contributed by atoms with Crippen LogP contribution in [0.15, 0.2) is 18.2 Å². The molecule has 1 atom stereocenters. The first-order valence-corrected chi connectivity index (χ1v) is 7.99. The summed E-state index contributed by atoms with van der Waals surface area (Å²) >= 11 is 0. The van der Waals surface area contributed by atoms with E-state index < -0.39 is 0 Å². The smallest absolute Gasteiger partial charge is 0.239 e. The second-order valence-corrected chi connectivity index (χ2v) is 6.25. The van der Waals surface area contributed by atoms with Crippen molar-refractivity contribution in [3.8, 4) is 0 Å². The van der Waals surface area contributed by atoms with Crippen LogP contribution in [0.25, 0.3) is 0 Å². The third-order valence-corrected chi connectivity index (χ3v) is 4.66. The Morgan fingerprint density at radius 1 is 1.18 bits per heavy atom. The van der Waals surface area contributed by atoms with E-state index in [4.69, 9.17) is 0 Å². The Balaban J connectivity index is 0.00000176. The lowest BCUT2D eigenvalue weighted by atomic mass is 10.1. The van der Waals surface area contributed by atoms with Gasteiger partial charge in [0.25, 0.3) is 0 Å². The largest absolute Gasteiger partial charge is 0.368 e. The van der Waals surface area contributed by atoms with Crippen LogP contribution in [0.1, 0.15) is 24.0 Å². The number of amides is 1. The van der Waals surface area contributed by atoms with Gasteiger partial charge < -0.3 is 15.1 Å². The van der Waals surface area contributed by atoms with Gasteiger partial charge in [-0.3, -0.25) is 4.79 Å². The highest BCUT2D eigenvalue weighted by Gasteiger charge is 2.29. The van der Waals surface area contributed by atoms with E-state index in [9.17, 15) is 4.79 Å². The number of rotatable bonds is 2. The van der Waals surface area contributed by atoms with Gasteiger partial charge in [-0.15, -0.1) is 12.4 Å². The summed E-state index contributed by atoms with van der Waals surface area (Å²) < 4.78 is 0. The summed E-state index contributed by atoms with van der Waals surface area (Å²) in [6.45, 7) is 8.82. The van der Waals surface area contributed by atoms with Gasteiger partial charge in [0.05, 0.1) is 6.04 Å². The number of nitrogens with zero attached hydrogens (tertiary/aromatic N) is 2. The van der Waals surface area contributed by atoms with Crippen LogP contribution in [-0.4, -0.2) is 49.6 Å². The average Bonchev–Trinajstić information content (AvgIpc) is 3.03. The third kappa shape index (κ3) is 3.55. The lowest BCUT2D eigenvalue weighted by Gasteiger charge is -2.38. The first kappa shape index (κ1) is 17.1. The van der Waals surface area contributed by atoms with E-state index in [0.29, 0.717) is 5.91 Å². The van der Waals surface area contributed by atoms with Crippen molar-refractivity contribution < 1.29 is 4.79 Å². The van der Waals surface area contributed by atoms with E-state index in [1.807, 2.05) is 4.90 Å². The Labute approximate surface area is 139 Å². The quantitative estimate of drug-likeness (QED) is 0.905. The Kier molecular flexibility index (Phi) is 5.70. The normalized spacial score (nSPS) is 21.6. The fourth-order valence-corrected chi connectivity index (χ4v) is 3.34. The second kappa shape index (κ2) is 7.34. The van der Waals surface area contributed by atoms with Crippen molar-refractivity contribution >= 4 is 24.0 Å². The molecule has 1 aromatic rings. The minimum Gasteiger partial charge on any atom is -0.368 e. The number of benzene rings is 1. The summed E-state index contributed by atoms with van der Waals surface area (Å²) in [6.07, 6.45) is 2.12. The topological polar surface area (TPSA) is 35.6 Å². The molecule has 1 unspecified atom stereocenters. The van der Waals surface area contributed by atoms with Crippen LogP contribution in [0, 0.1) is 13.8 Å². The molecular weight excluding hydrogens is 298 g/mol. The SMILES string of the molecule is Cc1ccc(C)c(N2CCN(C(=O)C3CCCN3)CC2)c1.Cl. The van der Waals surface area contributed by atoms with Crippen molar-refractivity contribution in [3.63, 3.8) is 0 Å². The Morgan fingerprint density at radius 2 is 1.91 bits per heavy atom. The van der Waals surface area contributed by atoms with Gasteiger partial charge in [-0.1, -0.05) is 12.1 Å². The zero-order chi connectivity index (χ0) is 14.8. The van der Waals surface area contributed by atoms with Gasteiger partial charge in [0, 0.05) is 31.9 Å². The molecule has 1 aromatic carbocycles. The first-order valence-electron chi connectivity index (χ1n) is 7.99. The molecule has 22 heavy (non-hydrogen) atoms. The number of anilines is 1. The number of carbonyl (C=O) groups excluding carboxylic acids is 1. The molecule has 2 heterocycles. The van der Waals surface area contributed by atoms with E-state index in [1.165, 1.54) is 16.8 Å². The minimum atomic E-state index is 0. The molecule has 0 bridgehead atoms. The van der Waals surface area contributed by atoms with Gasteiger partial charge in [-0.05, 0) is 50.4 Å². The molecule has 5 heteroatoms. The summed E-state index contributed by atoms with van der Waals surface area (Å²) in [5.74, 6) is 0.299. The summed E-state index contributed by atoms with van der Waals surface area (Å²) in [7, 11) is 0. The highest BCUT2D eigenvalue weighted by Crippen LogP contribution is 2.23. The van der Waals surface area contributed by atoms with Gasteiger partial charge in [0.15, 0.2) is 0 Å². The minimum absolute atomic E-state index is 0. The van der Waals surface area contributed by atoms with Gasteiger partial charge in [0.2, 0.25) is 5.91 Å². The molecule has 2 fully saturated rings. The molecule has 0 spiro atoms. The predicted octanol–water partition coefficient (Wildman–Crippen LogP) is 2.13. The number of hydrogen-bond acceptors (Lipinski definition) is 3. The molecule has 2 saturated heterocycles. The zero-order valence-electron chi connectivity index (χ0n) is 13.5. The standard InChI is InChI=1S/C17H25N3O.ClH/c1-13-5-6-14(2)16(12-13)19-8-10-20(11-9-19)17(21)15-4-3-7-18-15;/h5-6,12,15,18H,3-4,7-11H2,1-2H3;1H. The molecule has 3 rings (SSSR count). The highest BCUT2D eigenvalue weighted by atomic mass is 35.5. The van der Waals surface area contributed by atoms with E-state index in [1.54, 1.807) is 0 Å². The Morgan fingerprint density at radius 3 is 2.55 bits per heavy atom. The fourth-order valence-electron chi connectivity index (χ4n) is 3.34. The maximum atomic E-state index is 12.4. The molecule has 122 valence electrons. The van der Waals surface area contributed by atoms with Gasteiger partial charge in [-0.25, -0.2) is 0 Å². The maximum Gasteiger partial charge on any atom is 0.239 e. The van der Waals surface area contributed by atoms with E-state index in [0.717, 1.165) is 45.6 Å². The lowest BCUT2D eigenvalue weighted by molar-refractivity contribution is -0.133. The van der Waals surface area contributed by atoms with Crippen molar-refractivity contribution in [2.75, 3.05) is 37.6 Å². The highest BCUT2D eigenvalue weighted by molar-refractivity contribution is 5.85. The van der Waals surface area contributed by atoms with Crippen molar-refractivity contribution in [3.05, 3.63) is 29.3 Å². The number of hydrogen-bond donors (Lipinski definition) is 1. The van der Waals surface area contributed by atoms with E-state index >= 15 is 0 Å². The molecule has 0 radical (unpaired) electrons. The third-order valence-electron chi connectivity index (χ3n) is 4.66. The number of nitrogens with one attached hydrogen (secondary N) is 1. The Bertz CT molecular complexity index is 521. The van der Waals surface area contributed by atoms with Crippen molar-refractivity contribution in [2.45, 2.75) is 32.7 Å². The Hall–Kier alpha value is -1.26. The molecule has 0 aliphatic carbocycles. The summed E-state index contributed by atoms with van der Waals surface area (Å²) in [4.78, 5) is 16.9. The predicted molar refractivity (Wildman–Crippen MR) is 93.0 cm³/mol. The average molecular weight is 324 g/mol. The van der Waals surface area contributed by atoms with Crippen LogP contribution in [-0.2, 0) is 4.79 Å². The van der Waals surface area contributed by atoms with Crippen molar-refractivity contribution in [2.24, 2.45) is 0 Å². The monoisotopic (exact) mass is 323 g/mol. The van der Waals surface area contributed by atoms with Crippen LogP contribution < -0.4 is 10.2 Å². The molecule has 2 aliphatic rings. The summed E-state index contributed by atoms with van der Waals surface area (Å²) in [5.41, 5.74) is 3.93. The molecule has 0 aromatic heterocycles. The van der Waals surface area contributed by atoms with Gasteiger partial charge in [-0.2, -0.15) is 0 Å².